The van der Waals surface area contributed by atoms with Gasteiger partial charge in [-0.25, -0.2) is 19.9 Å². The van der Waals surface area contributed by atoms with E-state index in [4.69, 9.17) is 19.9 Å². The Morgan fingerprint density at radius 3 is 1.75 bits per heavy atom. The van der Waals surface area contributed by atoms with Crippen molar-refractivity contribution in [2.75, 3.05) is 0 Å². The molecule has 0 radical (unpaired) electrons. The van der Waals surface area contributed by atoms with Crippen LogP contribution in [0, 0.1) is 20.2 Å². The maximum Gasteiger partial charge on any atom is 0.269 e. The van der Waals surface area contributed by atoms with Crippen LogP contribution < -0.4 is 0 Å². The van der Waals surface area contributed by atoms with Crippen LogP contribution >= 0.6 is 0 Å². The van der Waals surface area contributed by atoms with Crippen LogP contribution in [-0.4, -0.2) is 29.8 Å². The van der Waals surface area contributed by atoms with Gasteiger partial charge in [-0.1, -0.05) is 66.7 Å². The molecule has 0 amide bonds. The molecular weight excluding hydrogens is 556 g/mol. The Labute approximate surface area is 250 Å². The Balaban J connectivity index is 1.29. The quantitative estimate of drug-likeness (QED) is 0.145. The minimum absolute atomic E-state index is 0.00282. The van der Waals surface area contributed by atoms with Crippen LogP contribution in [0.15, 0.2) is 121 Å². The number of nitro benzene ring substituents is 1. The number of para-hydroxylation sites is 2. The third-order valence-electron chi connectivity index (χ3n) is 7.61. The van der Waals surface area contributed by atoms with Crippen LogP contribution in [0.4, 0.5) is 5.69 Å². The normalized spacial score (nSPS) is 14.5. The minimum atomic E-state index is -0.434. The monoisotopic (exact) mass is 578 g/mol. The maximum absolute atomic E-state index is 11.2. The lowest BCUT2D eigenvalue weighted by Crippen LogP contribution is -2.08. The lowest BCUT2D eigenvalue weighted by atomic mass is 9.97. The molecule has 0 N–H and O–H groups in total. The van der Waals surface area contributed by atoms with E-state index in [9.17, 15) is 20.2 Å². The van der Waals surface area contributed by atoms with Crippen molar-refractivity contribution < 1.29 is 9.85 Å². The first kappa shape index (κ1) is 26.7. The number of rotatable bonds is 6. The second-order valence-electron chi connectivity index (χ2n) is 10.3. The predicted octanol–water partition coefficient (Wildman–Crippen LogP) is 7.69. The van der Waals surface area contributed by atoms with Gasteiger partial charge in [0.25, 0.3) is 11.4 Å². The highest BCUT2D eigenvalue weighted by Crippen LogP contribution is 2.34. The van der Waals surface area contributed by atoms with Gasteiger partial charge in [0.05, 0.1) is 32.3 Å². The van der Waals surface area contributed by atoms with Gasteiger partial charge >= 0.3 is 0 Å². The molecule has 10 heteroatoms. The summed E-state index contributed by atoms with van der Waals surface area (Å²) in [5, 5.41) is 24.1. The van der Waals surface area contributed by atoms with Gasteiger partial charge in [0, 0.05) is 51.6 Å². The van der Waals surface area contributed by atoms with Crippen molar-refractivity contribution in [3.8, 4) is 33.9 Å². The summed E-state index contributed by atoms with van der Waals surface area (Å²) in [6.45, 7) is 0. The first-order chi connectivity index (χ1) is 21.4. The fourth-order valence-electron chi connectivity index (χ4n) is 5.36. The van der Waals surface area contributed by atoms with Crippen molar-refractivity contribution in [2.45, 2.75) is 12.3 Å². The van der Waals surface area contributed by atoms with E-state index in [-0.39, 0.29) is 17.3 Å². The van der Waals surface area contributed by atoms with E-state index < -0.39 is 9.85 Å². The maximum atomic E-state index is 11.2. The third-order valence-corrected chi connectivity index (χ3v) is 7.61. The zero-order valence-corrected chi connectivity index (χ0v) is 23.1. The highest BCUT2D eigenvalue weighted by molar-refractivity contribution is 5.95. The first-order valence-corrected chi connectivity index (χ1v) is 13.9. The summed E-state index contributed by atoms with van der Waals surface area (Å²) in [7, 11) is 0. The molecule has 0 fully saturated rings. The van der Waals surface area contributed by atoms with Crippen LogP contribution in [0.5, 0.6) is 0 Å². The number of fused-ring (bicyclic) bond motifs is 2. The number of nitrogens with zero attached hydrogens (tertiary/aromatic N) is 6. The van der Waals surface area contributed by atoms with Crippen molar-refractivity contribution >= 4 is 27.5 Å². The van der Waals surface area contributed by atoms with Gasteiger partial charge < -0.3 is 0 Å². The van der Waals surface area contributed by atoms with E-state index in [1.54, 1.807) is 24.3 Å². The minimum Gasteiger partial charge on any atom is -0.258 e. The molecule has 1 atom stereocenters. The summed E-state index contributed by atoms with van der Waals surface area (Å²) in [4.78, 5) is 40.8. The molecule has 212 valence electrons. The number of allylic oxidation sites excluding steroid dienone is 3. The van der Waals surface area contributed by atoms with Crippen molar-refractivity contribution in [3.05, 3.63) is 147 Å². The molecular formula is C34H22N6O4. The summed E-state index contributed by atoms with van der Waals surface area (Å²) in [6, 6.07) is 29.7. The first-order valence-electron chi connectivity index (χ1n) is 13.9. The molecule has 0 unspecified atom stereocenters. The summed E-state index contributed by atoms with van der Waals surface area (Å²) >= 11 is 0. The van der Waals surface area contributed by atoms with Gasteiger partial charge in [-0.3, -0.25) is 20.2 Å². The number of benzene rings is 4. The summed E-state index contributed by atoms with van der Waals surface area (Å²) < 4.78 is 0. The average Bonchev–Trinajstić information content (AvgIpc) is 3.07. The lowest BCUT2D eigenvalue weighted by Gasteiger charge is -2.15. The molecule has 2 heterocycles. The molecule has 2 aromatic heterocycles. The Morgan fingerprint density at radius 1 is 0.614 bits per heavy atom. The van der Waals surface area contributed by atoms with Gasteiger partial charge in [0.2, 0.25) is 0 Å². The summed E-state index contributed by atoms with van der Waals surface area (Å²) in [5.74, 6) is 0.901. The molecule has 1 aliphatic carbocycles. The van der Waals surface area contributed by atoms with Gasteiger partial charge in [-0.2, -0.15) is 0 Å². The number of aromatic nitrogens is 4. The molecule has 0 spiro atoms. The standard InChI is InChI=1S/C34H22N6O4/c41-39(42)25-17-13-23(14-18-25)33-35-29-7-3-1-5-27(29)31(37-33)21-9-11-22(12-10-21)32-28-6-2-4-8-30(28)36-34(38-32)24-15-19-26(20-16-24)40(43)44/h1-15,17-20,24H,16H2/t24-/m1/s1. The average molecular weight is 579 g/mol. The Hall–Kier alpha value is -6.16. The summed E-state index contributed by atoms with van der Waals surface area (Å²) in [5.41, 5.74) is 5.59. The molecule has 0 bridgehead atoms. The van der Waals surface area contributed by atoms with E-state index in [1.165, 1.54) is 18.2 Å². The molecule has 6 aromatic rings. The second-order valence-corrected chi connectivity index (χ2v) is 10.3. The zero-order chi connectivity index (χ0) is 30.2. The van der Waals surface area contributed by atoms with Crippen LogP contribution in [0.2, 0.25) is 0 Å². The third kappa shape index (κ3) is 4.94. The highest BCUT2D eigenvalue weighted by atomic mass is 16.6. The fraction of sp³-hybridized carbons (Fsp3) is 0.0588. The number of hydrogen-bond acceptors (Lipinski definition) is 8. The molecule has 10 nitrogen and oxygen atoms in total. The van der Waals surface area contributed by atoms with E-state index in [0.29, 0.717) is 23.6 Å². The smallest absolute Gasteiger partial charge is 0.258 e. The largest absolute Gasteiger partial charge is 0.269 e. The molecule has 4 aromatic carbocycles. The second kappa shape index (κ2) is 10.9. The van der Waals surface area contributed by atoms with Crippen molar-refractivity contribution in [3.63, 3.8) is 0 Å². The van der Waals surface area contributed by atoms with E-state index in [0.717, 1.165) is 44.3 Å². The van der Waals surface area contributed by atoms with Crippen molar-refractivity contribution in [2.24, 2.45) is 0 Å². The van der Waals surface area contributed by atoms with Gasteiger partial charge in [0.1, 0.15) is 5.82 Å². The Bertz CT molecular complexity index is 2160. The highest BCUT2D eigenvalue weighted by Gasteiger charge is 2.21. The van der Waals surface area contributed by atoms with Gasteiger partial charge in [-0.05, 0) is 36.8 Å². The fourth-order valence-corrected chi connectivity index (χ4v) is 5.36. The van der Waals surface area contributed by atoms with Gasteiger partial charge in [-0.15, -0.1) is 0 Å². The lowest BCUT2D eigenvalue weighted by molar-refractivity contribution is -0.419. The van der Waals surface area contributed by atoms with E-state index in [1.807, 2.05) is 72.8 Å². The Morgan fingerprint density at radius 2 is 1.18 bits per heavy atom. The van der Waals surface area contributed by atoms with Crippen LogP contribution in [0.1, 0.15) is 18.2 Å². The topological polar surface area (TPSA) is 138 Å². The SMILES string of the molecule is O=[N+]([O-])C1=CC[C@H](c2nc(-c3ccc(-c4nc(-c5ccc([N+](=O)[O-])cc5)nc5ccccc45)cc3)c3ccccc3n2)C=C1. The molecule has 1 aliphatic rings. The number of non-ortho nitro benzene ring substituents is 1. The van der Waals surface area contributed by atoms with Crippen molar-refractivity contribution in [1.29, 1.82) is 0 Å². The van der Waals surface area contributed by atoms with Gasteiger partial charge in [0.15, 0.2) is 5.82 Å². The molecule has 0 saturated carbocycles. The van der Waals surface area contributed by atoms with Crippen LogP contribution in [0.3, 0.4) is 0 Å². The van der Waals surface area contributed by atoms with Crippen LogP contribution in [0.25, 0.3) is 55.7 Å². The Kier molecular flexibility index (Phi) is 6.63. The molecule has 0 saturated heterocycles. The van der Waals surface area contributed by atoms with E-state index >= 15 is 0 Å². The summed E-state index contributed by atoms with van der Waals surface area (Å²) in [6.07, 6.45) is 5.35. The number of nitro groups is 2. The predicted molar refractivity (Wildman–Crippen MR) is 167 cm³/mol. The zero-order valence-electron chi connectivity index (χ0n) is 23.1. The number of hydrogen-bond donors (Lipinski definition) is 0. The molecule has 7 rings (SSSR count). The van der Waals surface area contributed by atoms with Crippen molar-refractivity contribution in [1.82, 2.24) is 19.9 Å². The molecule has 44 heavy (non-hydrogen) atoms. The van der Waals surface area contributed by atoms with Crippen LogP contribution in [-0.2, 0) is 0 Å². The molecule has 0 aliphatic heterocycles. The van der Waals surface area contributed by atoms with E-state index in [2.05, 4.69) is 0 Å².